The van der Waals surface area contributed by atoms with E-state index in [0.717, 1.165) is 21.3 Å². The van der Waals surface area contributed by atoms with Crippen LogP contribution in [0.3, 0.4) is 0 Å². The molecule has 0 bridgehead atoms. The minimum atomic E-state index is -3.74. The van der Waals surface area contributed by atoms with Gasteiger partial charge in [-0.1, -0.05) is 116 Å². The number of nitrogens with zero attached hydrogens (tertiary/aromatic N) is 2. The van der Waals surface area contributed by atoms with Crippen molar-refractivity contribution >= 4 is 43.1 Å². The number of amides is 1. The van der Waals surface area contributed by atoms with Crippen LogP contribution in [0.1, 0.15) is 46.3 Å². The third kappa shape index (κ3) is 8.94. The van der Waals surface area contributed by atoms with Crippen molar-refractivity contribution in [3.8, 4) is 0 Å². The molecule has 2 atom stereocenters. The van der Waals surface area contributed by atoms with Gasteiger partial charge >= 0.3 is 0 Å². The van der Waals surface area contributed by atoms with E-state index in [-0.39, 0.29) is 11.5 Å². The minimum Gasteiger partial charge on any atom is -0.344 e. The summed E-state index contributed by atoms with van der Waals surface area (Å²) in [4.78, 5) is 34.5. The van der Waals surface area contributed by atoms with Gasteiger partial charge in [0.05, 0.1) is 27.8 Å². The fraction of sp³-hybridized carbons (Fsp3) is 0.250. The number of hydrogen-bond acceptors (Lipinski definition) is 7. The summed E-state index contributed by atoms with van der Waals surface area (Å²) in [5.41, 5.74) is 3.28. The lowest BCUT2D eigenvalue weighted by Crippen LogP contribution is -2.53. The number of thiazole rings is 1. The SMILES string of the molecule is CCCC(NC(=O)C(CS(=O)(=O)Cc1ccccc1)N(Cc1ccccc1)Cc1ccccc1)C(=O)c1nc2ccccc2s1. The zero-order valence-corrected chi connectivity index (χ0v) is 26.8. The summed E-state index contributed by atoms with van der Waals surface area (Å²) in [7, 11) is -3.74. The fourth-order valence-electron chi connectivity index (χ4n) is 5.34. The number of nitrogens with one attached hydrogen (secondary N) is 1. The molecule has 0 fully saturated rings. The number of para-hydroxylation sites is 1. The Balaban J connectivity index is 1.48. The van der Waals surface area contributed by atoms with E-state index in [0.29, 0.717) is 36.5 Å². The molecule has 0 aliphatic carbocycles. The summed E-state index contributed by atoms with van der Waals surface area (Å²) >= 11 is 1.30. The molecular formula is C36H37N3O4S2. The maximum absolute atomic E-state index is 14.3. The second-order valence-corrected chi connectivity index (χ2v) is 14.3. The summed E-state index contributed by atoms with van der Waals surface area (Å²) in [5.74, 6) is -1.35. The Morgan fingerprint density at radius 3 is 1.87 bits per heavy atom. The van der Waals surface area contributed by atoms with Crippen LogP contribution in [0.5, 0.6) is 0 Å². The van der Waals surface area contributed by atoms with Crippen LogP contribution in [0, 0.1) is 0 Å². The van der Waals surface area contributed by atoms with Gasteiger partial charge < -0.3 is 5.32 Å². The Morgan fingerprint density at radius 1 is 0.778 bits per heavy atom. The first kappa shape index (κ1) is 32.2. The molecule has 1 amide bonds. The smallest absolute Gasteiger partial charge is 0.239 e. The van der Waals surface area contributed by atoms with Gasteiger partial charge in [-0.3, -0.25) is 14.5 Å². The van der Waals surface area contributed by atoms with E-state index >= 15 is 0 Å². The lowest BCUT2D eigenvalue weighted by atomic mass is 10.1. The van der Waals surface area contributed by atoms with Crippen molar-refractivity contribution in [2.45, 2.75) is 50.7 Å². The first-order chi connectivity index (χ1) is 21.8. The van der Waals surface area contributed by atoms with Crippen molar-refractivity contribution in [1.82, 2.24) is 15.2 Å². The predicted molar refractivity (Wildman–Crippen MR) is 181 cm³/mol. The van der Waals surface area contributed by atoms with Crippen molar-refractivity contribution in [3.63, 3.8) is 0 Å². The molecule has 2 unspecified atom stereocenters. The molecule has 0 aliphatic rings. The second kappa shape index (κ2) is 15.2. The molecule has 0 aliphatic heterocycles. The number of aromatic nitrogens is 1. The quantitative estimate of drug-likeness (QED) is 0.132. The Morgan fingerprint density at radius 2 is 1.31 bits per heavy atom. The van der Waals surface area contributed by atoms with Gasteiger partial charge in [0.1, 0.15) is 6.04 Å². The van der Waals surface area contributed by atoms with Gasteiger partial charge in [0.25, 0.3) is 0 Å². The predicted octanol–water partition coefficient (Wildman–Crippen LogP) is 6.45. The third-order valence-electron chi connectivity index (χ3n) is 7.56. The van der Waals surface area contributed by atoms with Crippen LogP contribution >= 0.6 is 11.3 Å². The summed E-state index contributed by atoms with van der Waals surface area (Å²) in [6, 6.07) is 34.0. The number of sulfone groups is 1. The molecule has 7 nitrogen and oxygen atoms in total. The Bertz CT molecular complexity index is 1740. The van der Waals surface area contributed by atoms with Crippen LogP contribution in [-0.2, 0) is 33.5 Å². The molecule has 5 rings (SSSR count). The maximum atomic E-state index is 14.3. The van der Waals surface area contributed by atoms with Crippen LogP contribution in [0.25, 0.3) is 10.2 Å². The summed E-state index contributed by atoms with van der Waals surface area (Å²) in [6.45, 7) is 2.64. The van der Waals surface area contributed by atoms with E-state index in [1.54, 1.807) is 24.3 Å². The zero-order valence-electron chi connectivity index (χ0n) is 25.2. The first-order valence-electron chi connectivity index (χ1n) is 15.1. The second-order valence-electron chi connectivity index (χ2n) is 11.1. The van der Waals surface area contributed by atoms with E-state index in [1.807, 2.05) is 103 Å². The van der Waals surface area contributed by atoms with Crippen molar-refractivity contribution in [3.05, 3.63) is 137 Å². The first-order valence-corrected chi connectivity index (χ1v) is 17.7. The van der Waals surface area contributed by atoms with Crippen LogP contribution in [0.4, 0.5) is 0 Å². The molecule has 0 saturated heterocycles. The lowest BCUT2D eigenvalue weighted by Gasteiger charge is -2.32. The topological polar surface area (TPSA) is 96.4 Å². The van der Waals surface area contributed by atoms with Gasteiger partial charge in [-0.05, 0) is 35.2 Å². The molecule has 0 saturated carbocycles. The number of ketones is 1. The lowest BCUT2D eigenvalue weighted by molar-refractivity contribution is -0.126. The Kier molecular flexibility index (Phi) is 10.9. The summed E-state index contributed by atoms with van der Waals surface area (Å²) in [5, 5.41) is 3.30. The normalized spacial score (nSPS) is 13.0. The van der Waals surface area contributed by atoms with Gasteiger partial charge in [0, 0.05) is 13.1 Å². The molecule has 45 heavy (non-hydrogen) atoms. The van der Waals surface area contributed by atoms with Crippen LogP contribution < -0.4 is 5.32 Å². The van der Waals surface area contributed by atoms with Crippen molar-refractivity contribution in [2.75, 3.05) is 5.75 Å². The van der Waals surface area contributed by atoms with Gasteiger partial charge in [-0.25, -0.2) is 13.4 Å². The fourth-order valence-corrected chi connectivity index (χ4v) is 7.96. The number of carbonyl (C=O) groups is 2. The molecule has 232 valence electrons. The standard InChI is InChI=1S/C36H37N3O4S2/c1-2-14-31(34(40)36-38-30-21-12-13-22-33(30)44-36)37-35(41)32(26-45(42,43)25-29-19-10-5-11-20-29)39(23-27-15-6-3-7-16-27)24-28-17-8-4-9-18-28/h3-13,15-22,31-32H,2,14,23-26H2,1H3,(H,37,41). The number of hydrogen-bond donors (Lipinski definition) is 1. The van der Waals surface area contributed by atoms with Crippen LogP contribution in [-0.4, -0.2) is 47.8 Å². The summed E-state index contributed by atoms with van der Waals surface area (Å²) < 4.78 is 28.3. The number of fused-ring (bicyclic) bond motifs is 1. The van der Waals surface area contributed by atoms with Gasteiger partial charge in [-0.2, -0.15) is 0 Å². The third-order valence-corrected chi connectivity index (χ3v) is 10.2. The van der Waals surface area contributed by atoms with Crippen LogP contribution in [0.2, 0.25) is 0 Å². The van der Waals surface area contributed by atoms with Gasteiger partial charge in [0.15, 0.2) is 14.8 Å². The van der Waals surface area contributed by atoms with Crippen molar-refractivity contribution in [2.24, 2.45) is 0 Å². The van der Waals surface area contributed by atoms with Gasteiger partial charge in [-0.15, -0.1) is 11.3 Å². The van der Waals surface area contributed by atoms with Gasteiger partial charge in [0.2, 0.25) is 11.7 Å². The molecule has 1 N–H and O–H groups in total. The maximum Gasteiger partial charge on any atom is 0.239 e. The molecule has 0 spiro atoms. The number of Topliss-reactive ketones (excluding diaryl/α,β-unsaturated/α-hetero) is 1. The number of benzene rings is 4. The van der Waals surface area contributed by atoms with E-state index in [9.17, 15) is 18.0 Å². The Hall–Kier alpha value is -4.18. The van der Waals surface area contributed by atoms with E-state index in [1.165, 1.54) is 11.3 Å². The molecular weight excluding hydrogens is 603 g/mol. The number of rotatable bonds is 15. The van der Waals surface area contributed by atoms with Crippen molar-refractivity contribution < 1.29 is 18.0 Å². The van der Waals surface area contributed by atoms with Crippen LogP contribution in [0.15, 0.2) is 115 Å². The highest BCUT2D eigenvalue weighted by Gasteiger charge is 2.34. The highest BCUT2D eigenvalue weighted by molar-refractivity contribution is 7.90. The van der Waals surface area contributed by atoms with E-state index in [2.05, 4.69) is 10.3 Å². The molecule has 1 aromatic heterocycles. The summed E-state index contributed by atoms with van der Waals surface area (Å²) in [6.07, 6.45) is 1.05. The van der Waals surface area contributed by atoms with E-state index < -0.39 is 33.6 Å². The highest BCUT2D eigenvalue weighted by Crippen LogP contribution is 2.24. The molecule has 1 heterocycles. The molecule has 5 aromatic rings. The minimum absolute atomic E-state index is 0.189. The molecule has 0 radical (unpaired) electrons. The largest absolute Gasteiger partial charge is 0.344 e. The Labute approximate surface area is 268 Å². The molecule has 9 heteroatoms. The zero-order chi connectivity index (χ0) is 31.6. The van der Waals surface area contributed by atoms with Crippen molar-refractivity contribution in [1.29, 1.82) is 0 Å². The molecule has 4 aromatic carbocycles. The van der Waals surface area contributed by atoms with E-state index in [4.69, 9.17) is 0 Å². The number of carbonyl (C=O) groups excluding carboxylic acids is 2. The monoisotopic (exact) mass is 639 g/mol. The average Bonchev–Trinajstić information content (AvgIpc) is 3.49. The average molecular weight is 640 g/mol. The highest BCUT2D eigenvalue weighted by atomic mass is 32.2.